The molecule has 2 heterocycles. The number of benzene rings is 1. The predicted octanol–water partition coefficient (Wildman–Crippen LogP) is 2.83. The van der Waals surface area contributed by atoms with Gasteiger partial charge in [0.1, 0.15) is 17.2 Å². The molecule has 156 valence electrons. The zero-order chi connectivity index (χ0) is 20.8. The van der Waals surface area contributed by atoms with Gasteiger partial charge in [0.2, 0.25) is 0 Å². The van der Waals surface area contributed by atoms with E-state index in [0.717, 1.165) is 12.8 Å². The first-order chi connectivity index (χ1) is 13.6. The van der Waals surface area contributed by atoms with Crippen LogP contribution in [0.25, 0.3) is 0 Å². The first kappa shape index (κ1) is 19.5. The van der Waals surface area contributed by atoms with E-state index in [1.165, 1.54) is 0 Å². The Balaban J connectivity index is 1.53. The minimum absolute atomic E-state index is 0.306. The molecule has 4 rings (SSSR count). The topological polar surface area (TPSA) is 85.4 Å². The number of nitrogen functional groups attached to an aromatic ring is 1. The predicted molar refractivity (Wildman–Crippen MR) is 105 cm³/mol. The molecule has 1 aromatic carbocycles. The number of nitrogens with two attached hydrogens (primary N) is 1. The quantitative estimate of drug-likeness (QED) is 0.740. The van der Waals surface area contributed by atoms with Gasteiger partial charge in [0.05, 0.1) is 31.7 Å². The number of aromatic nitrogens is 2. The van der Waals surface area contributed by atoms with Crippen LogP contribution in [0.2, 0.25) is 0 Å². The van der Waals surface area contributed by atoms with Crippen molar-refractivity contribution in [2.24, 2.45) is 5.92 Å². The summed E-state index contributed by atoms with van der Waals surface area (Å²) in [6, 6.07) is 4.93. The average molecular weight is 405 g/mol. The maximum atomic E-state index is 13.3. The summed E-state index contributed by atoms with van der Waals surface area (Å²) in [5, 5.41) is 2.94. The summed E-state index contributed by atoms with van der Waals surface area (Å²) >= 11 is 0. The molecule has 7 nitrogen and oxygen atoms in total. The average Bonchev–Trinajstić information content (AvgIpc) is 3.35. The number of carbonyl (C=O) groups is 1. The summed E-state index contributed by atoms with van der Waals surface area (Å²) in [5.41, 5.74) is 5.90. The minimum Gasteiger partial charge on any atom is -0.491 e. The molecule has 0 radical (unpaired) electrons. The maximum absolute atomic E-state index is 13.3. The number of carbonyl (C=O) groups excluding carboxylic acids is 1. The third-order valence-electron chi connectivity index (χ3n) is 5.25. The molecule has 3 N–H and O–H groups in total. The highest BCUT2D eigenvalue weighted by Gasteiger charge is 2.45. The smallest absolute Gasteiger partial charge is 0.282 e. The number of nitrogens with one attached hydrogen (secondary N) is 1. The fourth-order valence-corrected chi connectivity index (χ4v) is 3.27. The van der Waals surface area contributed by atoms with Gasteiger partial charge < -0.3 is 25.3 Å². The molecule has 2 aliphatic rings. The van der Waals surface area contributed by atoms with Gasteiger partial charge in [-0.15, -0.1) is 0 Å². The number of imidazole rings is 1. The fourth-order valence-electron chi connectivity index (χ4n) is 3.27. The molecule has 1 aromatic heterocycles. The van der Waals surface area contributed by atoms with Crippen molar-refractivity contribution in [3.63, 3.8) is 0 Å². The first-order valence-corrected chi connectivity index (χ1v) is 9.65. The molecule has 1 amide bonds. The highest BCUT2D eigenvalue weighted by molar-refractivity contribution is 5.95. The van der Waals surface area contributed by atoms with Gasteiger partial charge in [0.25, 0.3) is 11.8 Å². The summed E-state index contributed by atoms with van der Waals surface area (Å²) in [6.45, 7) is 3.50. The summed E-state index contributed by atoms with van der Waals surface area (Å²) in [6.07, 6.45) is 5.41. The van der Waals surface area contributed by atoms with Crippen molar-refractivity contribution in [2.75, 3.05) is 30.3 Å². The minimum atomic E-state index is -2.68. The second-order valence-corrected chi connectivity index (χ2v) is 8.37. The van der Waals surface area contributed by atoms with Gasteiger partial charge in [-0.25, -0.2) is 13.8 Å². The number of amides is 1. The van der Waals surface area contributed by atoms with Crippen LogP contribution in [0.3, 0.4) is 0 Å². The van der Waals surface area contributed by atoms with Crippen LogP contribution < -0.4 is 20.7 Å². The van der Waals surface area contributed by atoms with Crippen LogP contribution in [0.4, 0.5) is 20.3 Å². The number of rotatable bonds is 7. The summed E-state index contributed by atoms with van der Waals surface area (Å²) in [5.74, 6) is -1.66. The molecule has 0 bridgehead atoms. The molecule has 1 aliphatic heterocycles. The Morgan fingerprint density at radius 3 is 2.69 bits per heavy atom. The molecule has 2 aromatic rings. The van der Waals surface area contributed by atoms with E-state index < -0.39 is 11.6 Å². The molecule has 1 saturated carbocycles. The van der Waals surface area contributed by atoms with Crippen LogP contribution in [-0.2, 0) is 5.66 Å². The second-order valence-electron chi connectivity index (χ2n) is 8.37. The van der Waals surface area contributed by atoms with E-state index in [2.05, 4.69) is 10.3 Å². The van der Waals surface area contributed by atoms with Crippen LogP contribution in [0.15, 0.2) is 30.7 Å². The van der Waals surface area contributed by atoms with Gasteiger partial charge in [-0.2, -0.15) is 0 Å². The number of ether oxygens (including phenoxy) is 1. The van der Waals surface area contributed by atoms with Crippen molar-refractivity contribution in [3.8, 4) is 5.75 Å². The Morgan fingerprint density at radius 2 is 2.10 bits per heavy atom. The highest BCUT2D eigenvalue weighted by Crippen LogP contribution is 2.39. The van der Waals surface area contributed by atoms with Crippen molar-refractivity contribution in [1.82, 2.24) is 14.9 Å². The Morgan fingerprint density at radius 1 is 1.38 bits per heavy atom. The number of alkyl halides is 2. The zero-order valence-corrected chi connectivity index (χ0v) is 16.5. The lowest BCUT2D eigenvalue weighted by molar-refractivity contribution is -0.0265. The number of halogens is 2. The molecule has 0 unspecified atom stereocenters. The van der Waals surface area contributed by atoms with Crippen LogP contribution in [0.1, 0.15) is 37.0 Å². The Bertz CT molecular complexity index is 915. The van der Waals surface area contributed by atoms with Crippen molar-refractivity contribution in [1.29, 1.82) is 0 Å². The summed E-state index contributed by atoms with van der Waals surface area (Å²) < 4.78 is 34.3. The molecule has 29 heavy (non-hydrogen) atoms. The molecule has 1 aliphatic carbocycles. The zero-order valence-electron chi connectivity index (χ0n) is 16.5. The van der Waals surface area contributed by atoms with E-state index in [-0.39, 0.29) is 19.0 Å². The first-order valence-electron chi connectivity index (χ1n) is 9.65. The van der Waals surface area contributed by atoms with Crippen LogP contribution >= 0.6 is 0 Å². The van der Waals surface area contributed by atoms with Gasteiger partial charge in [-0.1, -0.05) is 0 Å². The number of nitrogens with zero attached hydrogens (tertiary/aromatic N) is 3. The third kappa shape index (κ3) is 4.28. The number of hydrogen-bond acceptors (Lipinski definition) is 5. The Kier molecular flexibility index (Phi) is 4.63. The monoisotopic (exact) mass is 405 g/mol. The standard InChI is InChI=1S/C20H25F2N5O2/c1-19(2,27-8-17(23)24-12-27)25-18(28)14-5-6-15(26-10-20(21,22)11-26)16(7-14)29-9-13-3-4-13/h5-8,12-13H,3-4,9-11,23H2,1-2H3,(H,25,28). The molecule has 1 saturated heterocycles. The van der Waals surface area contributed by atoms with E-state index >= 15 is 0 Å². The second kappa shape index (κ2) is 6.89. The van der Waals surface area contributed by atoms with E-state index in [1.807, 2.05) is 13.8 Å². The molecule has 0 atom stereocenters. The van der Waals surface area contributed by atoms with E-state index in [4.69, 9.17) is 10.5 Å². The largest absolute Gasteiger partial charge is 0.491 e. The van der Waals surface area contributed by atoms with E-state index in [1.54, 1.807) is 40.2 Å². The van der Waals surface area contributed by atoms with E-state index in [0.29, 0.717) is 35.3 Å². The lowest BCUT2D eigenvalue weighted by Gasteiger charge is -2.41. The van der Waals surface area contributed by atoms with Crippen LogP contribution in [0, 0.1) is 5.92 Å². The Labute approximate surface area is 167 Å². The van der Waals surface area contributed by atoms with Gasteiger partial charge in [-0.05, 0) is 50.8 Å². The van der Waals surface area contributed by atoms with Gasteiger partial charge >= 0.3 is 0 Å². The summed E-state index contributed by atoms with van der Waals surface area (Å²) in [4.78, 5) is 18.4. The lowest BCUT2D eigenvalue weighted by atomic mass is 10.1. The van der Waals surface area contributed by atoms with E-state index in [9.17, 15) is 13.6 Å². The highest BCUT2D eigenvalue weighted by atomic mass is 19.3. The summed E-state index contributed by atoms with van der Waals surface area (Å²) in [7, 11) is 0. The van der Waals surface area contributed by atoms with Gasteiger partial charge in [0, 0.05) is 11.8 Å². The number of hydrogen-bond donors (Lipinski definition) is 2. The molecule has 0 spiro atoms. The number of anilines is 2. The van der Waals surface area contributed by atoms with Crippen LogP contribution in [0.5, 0.6) is 5.75 Å². The SMILES string of the molecule is CC(C)(NC(=O)c1ccc(N2CC(F)(F)C2)c(OCC2CC2)c1)n1cnc(N)c1. The third-order valence-corrected chi connectivity index (χ3v) is 5.25. The molecule has 2 fully saturated rings. The molecular formula is C20H25F2N5O2. The van der Waals surface area contributed by atoms with Crippen molar-refractivity contribution < 1.29 is 18.3 Å². The normalized spacial score (nSPS) is 18.3. The maximum Gasteiger partial charge on any atom is 0.282 e. The molecule has 9 heteroatoms. The van der Waals surface area contributed by atoms with Crippen molar-refractivity contribution >= 4 is 17.4 Å². The van der Waals surface area contributed by atoms with Gasteiger partial charge in [-0.3, -0.25) is 4.79 Å². The van der Waals surface area contributed by atoms with Gasteiger partial charge in [0.15, 0.2) is 0 Å². The van der Waals surface area contributed by atoms with Crippen molar-refractivity contribution in [3.05, 3.63) is 36.3 Å². The Hall–Kier alpha value is -2.84. The van der Waals surface area contributed by atoms with Crippen molar-refractivity contribution in [2.45, 2.75) is 38.3 Å². The fraction of sp³-hybridized carbons (Fsp3) is 0.500. The molecular weight excluding hydrogens is 380 g/mol. The van der Waals surface area contributed by atoms with Crippen LogP contribution in [-0.4, -0.2) is 41.1 Å². The lowest BCUT2D eigenvalue weighted by Crippen LogP contribution is -2.56.